The van der Waals surface area contributed by atoms with Gasteiger partial charge in [-0.2, -0.15) is 5.10 Å². The first kappa shape index (κ1) is 11.2. The van der Waals surface area contributed by atoms with E-state index in [1.54, 1.807) is 0 Å². The Morgan fingerprint density at radius 3 is 2.81 bits per heavy atom. The second-order valence-electron chi connectivity index (χ2n) is 4.43. The van der Waals surface area contributed by atoms with Gasteiger partial charge < -0.3 is 10.0 Å². The molecular formula is C12H19N3O. The molecule has 0 unspecified atom stereocenters. The van der Waals surface area contributed by atoms with Crippen LogP contribution in [-0.4, -0.2) is 28.0 Å². The van der Waals surface area contributed by atoms with Crippen molar-refractivity contribution in [1.82, 2.24) is 9.78 Å². The number of anilines is 1. The maximum atomic E-state index is 9.41. The first-order valence-electron chi connectivity index (χ1n) is 5.67. The summed E-state index contributed by atoms with van der Waals surface area (Å²) in [6.45, 7) is 6.10. The van der Waals surface area contributed by atoms with Crippen molar-refractivity contribution >= 4 is 5.82 Å². The minimum absolute atomic E-state index is 0.0638. The molecule has 1 aromatic heterocycles. The molecule has 0 aromatic carbocycles. The zero-order valence-corrected chi connectivity index (χ0v) is 10.2. The van der Waals surface area contributed by atoms with Crippen LogP contribution in [0, 0.1) is 6.92 Å². The maximum absolute atomic E-state index is 9.41. The van der Waals surface area contributed by atoms with Gasteiger partial charge in [-0.05, 0) is 20.3 Å². The molecule has 16 heavy (non-hydrogen) atoms. The Morgan fingerprint density at radius 2 is 2.19 bits per heavy atom. The van der Waals surface area contributed by atoms with Crippen LogP contribution in [0.2, 0.25) is 0 Å². The summed E-state index contributed by atoms with van der Waals surface area (Å²) in [6.07, 6.45) is 3.35. The molecule has 1 aliphatic heterocycles. The number of hydrogen-bond acceptors (Lipinski definition) is 3. The topological polar surface area (TPSA) is 41.3 Å². The molecule has 1 aromatic rings. The molecule has 0 amide bonds. The minimum Gasteiger partial charge on any atom is -0.391 e. The van der Waals surface area contributed by atoms with Gasteiger partial charge in [0.1, 0.15) is 5.82 Å². The number of nitrogens with zero attached hydrogens (tertiary/aromatic N) is 3. The standard InChI is InChI=1S/C12H19N3O/c1-9-5-4-6-15(7-9)12-11(8-16)10(2)13-14(12)3/h5,16H,4,6-8H2,1-3H3. The second-order valence-corrected chi connectivity index (χ2v) is 4.43. The van der Waals surface area contributed by atoms with Crippen molar-refractivity contribution in [3.63, 3.8) is 0 Å². The zero-order valence-electron chi connectivity index (χ0n) is 10.2. The summed E-state index contributed by atoms with van der Waals surface area (Å²) in [5.74, 6) is 1.06. The molecule has 2 heterocycles. The molecule has 0 saturated carbocycles. The molecule has 0 spiro atoms. The summed E-state index contributed by atoms with van der Waals surface area (Å²) < 4.78 is 1.87. The molecular weight excluding hydrogens is 202 g/mol. The predicted octanol–water partition coefficient (Wildman–Crippen LogP) is 1.38. The monoisotopic (exact) mass is 221 g/mol. The molecule has 0 fully saturated rings. The van der Waals surface area contributed by atoms with Crippen LogP contribution in [0.5, 0.6) is 0 Å². The summed E-state index contributed by atoms with van der Waals surface area (Å²) in [6, 6.07) is 0. The normalized spacial score (nSPS) is 16.5. The van der Waals surface area contributed by atoms with Gasteiger partial charge in [0.15, 0.2) is 0 Å². The summed E-state index contributed by atoms with van der Waals surface area (Å²) >= 11 is 0. The molecule has 1 aliphatic rings. The van der Waals surface area contributed by atoms with Gasteiger partial charge in [-0.15, -0.1) is 0 Å². The molecule has 0 aliphatic carbocycles. The van der Waals surface area contributed by atoms with Gasteiger partial charge in [0.05, 0.1) is 12.3 Å². The first-order chi connectivity index (χ1) is 7.63. The Bertz CT molecular complexity index is 420. The first-order valence-corrected chi connectivity index (χ1v) is 5.67. The van der Waals surface area contributed by atoms with E-state index in [0.717, 1.165) is 36.6 Å². The molecule has 0 bridgehead atoms. The predicted molar refractivity (Wildman–Crippen MR) is 64.5 cm³/mol. The fraction of sp³-hybridized carbons (Fsp3) is 0.583. The molecule has 1 N–H and O–H groups in total. The third-order valence-corrected chi connectivity index (χ3v) is 3.10. The minimum atomic E-state index is 0.0638. The van der Waals surface area contributed by atoms with E-state index < -0.39 is 0 Å². The van der Waals surface area contributed by atoms with E-state index in [2.05, 4.69) is 23.0 Å². The van der Waals surface area contributed by atoms with Crippen LogP contribution in [0.3, 0.4) is 0 Å². The number of aryl methyl sites for hydroxylation is 2. The van der Waals surface area contributed by atoms with E-state index in [9.17, 15) is 5.11 Å². The molecule has 88 valence electrons. The van der Waals surface area contributed by atoms with Crippen molar-refractivity contribution in [2.45, 2.75) is 26.9 Å². The van der Waals surface area contributed by atoms with Crippen molar-refractivity contribution in [2.24, 2.45) is 7.05 Å². The van der Waals surface area contributed by atoms with E-state index in [0.29, 0.717) is 0 Å². The largest absolute Gasteiger partial charge is 0.391 e. The van der Waals surface area contributed by atoms with Gasteiger partial charge in [0.25, 0.3) is 0 Å². The Hall–Kier alpha value is -1.29. The fourth-order valence-electron chi connectivity index (χ4n) is 2.36. The highest BCUT2D eigenvalue weighted by atomic mass is 16.3. The molecule has 0 radical (unpaired) electrons. The molecule has 0 saturated heterocycles. The molecule has 2 rings (SSSR count). The van der Waals surface area contributed by atoms with Crippen LogP contribution in [-0.2, 0) is 13.7 Å². The van der Waals surface area contributed by atoms with Crippen molar-refractivity contribution in [3.8, 4) is 0 Å². The van der Waals surface area contributed by atoms with E-state index in [4.69, 9.17) is 0 Å². The van der Waals surface area contributed by atoms with Crippen LogP contribution in [0.15, 0.2) is 11.6 Å². The fourth-order valence-corrected chi connectivity index (χ4v) is 2.36. The lowest BCUT2D eigenvalue weighted by Gasteiger charge is -2.28. The highest BCUT2D eigenvalue weighted by Crippen LogP contribution is 2.25. The molecule has 4 heteroatoms. The average Bonchev–Trinajstić information content (AvgIpc) is 2.52. The van der Waals surface area contributed by atoms with Gasteiger partial charge >= 0.3 is 0 Å². The summed E-state index contributed by atoms with van der Waals surface area (Å²) in [7, 11) is 1.94. The van der Waals surface area contributed by atoms with Crippen LogP contribution in [0.1, 0.15) is 24.6 Å². The number of hydrogen-bond donors (Lipinski definition) is 1. The Kier molecular flexibility index (Phi) is 3.01. The van der Waals surface area contributed by atoms with Gasteiger partial charge in [-0.1, -0.05) is 11.6 Å². The lowest BCUT2D eigenvalue weighted by molar-refractivity contribution is 0.281. The van der Waals surface area contributed by atoms with Gasteiger partial charge in [0, 0.05) is 25.7 Å². The highest BCUT2D eigenvalue weighted by Gasteiger charge is 2.20. The maximum Gasteiger partial charge on any atom is 0.132 e. The quantitative estimate of drug-likeness (QED) is 0.767. The number of aliphatic hydroxyl groups is 1. The van der Waals surface area contributed by atoms with Crippen LogP contribution in [0.4, 0.5) is 5.82 Å². The Balaban J connectivity index is 2.36. The number of aromatic nitrogens is 2. The van der Waals surface area contributed by atoms with Crippen molar-refractivity contribution in [2.75, 3.05) is 18.0 Å². The van der Waals surface area contributed by atoms with E-state index in [1.165, 1.54) is 5.57 Å². The third-order valence-electron chi connectivity index (χ3n) is 3.10. The van der Waals surface area contributed by atoms with Crippen LogP contribution >= 0.6 is 0 Å². The van der Waals surface area contributed by atoms with E-state index in [1.807, 2.05) is 18.7 Å². The SMILES string of the molecule is CC1=CCCN(c2c(CO)c(C)nn2C)C1. The smallest absolute Gasteiger partial charge is 0.132 e. The summed E-state index contributed by atoms with van der Waals surface area (Å²) in [5.41, 5.74) is 3.26. The third kappa shape index (κ3) is 1.85. The Morgan fingerprint density at radius 1 is 1.44 bits per heavy atom. The van der Waals surface area contributed by atoms with Gasteiger partial charge in [-0.3, -0.25) is 4.68 Å². The Labute approximate surface area is 96.2 Å². The van der Waals surface area contributed by atoms with Gasteiger partial charge in [0.2, 0.25) is 0 Å². The number of rotatable bonds is 2. The van der Waals surface area contributed by atoms with Crippen molar-refractivity contribution < 1.29 is 5.11 Å². The molecule has 4 nitrogen and oxygen atoms in total. The molecule has 0 atom stereocenters. The van der Waals surface area contributed by atoms with Crippen LogP contribution in [0.25, 0.3) is 0 Å². The van der Waals surface area contributed by atoms with Crippen molar-refractivity contribution in [3.05, 3.63) is 22.9 Å². The zero-order chi connectivity index (χ0) is 11.7. The highest BCUT2D eigenvalue weighted by molar-refractivity contribution is 5.51. The summed E-state index contributed by atoms with van der Waals surface area (Å²) in [5, 5.41) is 13.8. The van der Waals surface area contributed by atoms with E-state index in [-0.39, 0.29) is 6.61 Å². The van der Waals surface area contributed by atoms with Gasteiger partial charge in [-0.25, -0.2) is 0 Å². The summed E-state index contributed by atoms with van der Waals surface area (Å²) in [4.78, 5) is 2.29. The van der Waals surface area contributed by atoms with Crippen molar-refractivity contribution in [1.29, 1.82) is 0 Å². The average molecular weight is 221 g/mol. The lowest BCUT2D eigenvalue weighted by atomic mass is 10.1. The lowest BCUT2D eigenvalue weighted by Crippen LogP contribution is -2.31. The second kappa shape index (κ2) is 4.29. The number of aliphatic hydroxyl groups excluding tert-OH is 1. The van der Waals surface area contributed by atoms with E-state index >= 15 is 0 Å². The van der Waals surface area contributed by atoms with Crippen LogP contribution < -0.4 is 4.90 Å².